The lowest BCUT2D eigenvalue weighted by Crippen LogP contribution is -2.02. The van der Waals surface area contributed by atoms with Crippen LogP contribution in [-0.2, 0) is 0 Å². The largest absolute Gasteiger partial charge is 0.433 e. The zero-order valence-electron chi connectivity index (χ0n) is 6.64. The Bertz CT molecular complexity index is 355. The molecule has 0 spiro atoms. The Labute approximate surface area is 88.4 Å². The van der Waals surface area contributed by atoms with Gasteiger partial charge in [-0.3, -0.25) is 4.79 Å². The highest BCUT2D eigenvalue weighted by Gasteiger charge is 2.13. The minimum Gasteiger partial charge on any atom is -0.433 e. The molecule has 6 heteroatoms. The summed E-state index contributed by atoms with van der Waals surface area (Å²) in [6.45, 7) is -2.98. The smallest absolute Gasteiger partial charge is 0.387 e. The summed E-state index contributed by atoms with van der Waals surface area (Å²) in [7, 11) is 0. The van der Waals surface area contributed by atoms with Gasteiger partial charge in [-0.1, -0.05) is 23.2 Å². The van der Waals surface area contributed by atoms with Crippen LogP contribution in [0.3, 0.4) is 0 Å². The number of halogens is 4. The lowest BCUT2D eigenvalue weighted by Gasteiger charge is -2.08. The van der Waals surface area contributed by atoms with Crippen molar-refractivity contribution in [2.24, 2.45) is 0 Å². The molecule has 0 aromatic heterocycles. The number of aldehydes is 1. The van der Waals surface area contributed by atoms with Gasteiger partial charge in [0.25, 0.3) is 0 Å². The summed E-state index contributed by atoms with van der Waals surface area (Å²) in [5.41, 5.74) is 0.123. The van der Waals surface area contributed by atoms with Gasteiger partial charge in [0, 0.05) is 5.56 Å². The molecule has 2 nitrogen and oxygen atoms in total. The lowest BCUT2D eigenvalue weighted by atomic mass is 10.2. The van der Waals surface area contributed by atoms with Gasteiger partial charge >= 0.3 is 6.61 Å². The van der Waals surface area contributed by atoms with Crippen LogP contribution in [0.2, 0.25) is 10.0 Å². The van der Waals surface area contributed by atoms with Gasteiger partial charge in [0.15, 0.2) is 6.29 Å². The zero-order chi connectivity index (χ0) is 10.7. The average molecular weight is 241 g/mol. The van der Waals surface area contributed by atoms with Gasteiger partial charge in [-0.25, -0.2) is 0 Å². The van der Waals surface area contributed by atoms with Gasteiger partial charge in [-0.05, 0) is 12.1 Å². The van der Waals surface area contributed by atoms with E-state index in [1.54, 1.807) is 0 Å². The Hall–Kier alpha value is -0.870. The molecule has 0 radical (unpaired) electrons. The number of hydrogen-bond acceptors (Lipinski definition) is 2. The monoisotopic (exact) mass is 240 g/mol. The first-order valence-corrected chi connectivity index (χ1v) is 4.20. The standard InChI is InChI=1S/C8H4Cl2F2O2/c9-6-4(3-13)1-2-5(7(6)10)14-8(11)12/h1-3,8H. The first kappa shape index (κ1) is 11.2. The van der Waals surface area contributed by atoms with Crippen LogP contribution in [0.1, 0.15) is 10.4 Å². The maximum atomic E-state index is 11.8. The summed E-state index contributed by atoms with van der Waals surface area (Å²) < 4.78 is 27.7. The van der Waals surface area contributed by atoms with Gasteiger partial charge < -0.3 is 4.74 Å². The van der Waals surface area contributed by atoms with Crippen LogP contribution >= 0.6 is 23.2 Å². The van der Waals surface area contributed by atoms with E-state index in [4.69, 9.17) is 23.2 Å². The molecule has 0 atom stereocenters. The van der Waals surface area contributed by atoms with Gasteiger partial charge in [0.1, 0.15) is 10.8 Å². The maximum absolute atomic E-state index is 11.8. The number of ether oxygens (including phenoxy) is 1. The van der Waals surface area contributed by atoms with E-state index in [0.717, 1.165) is 6.07 Å². The van der Waals surface area contributed by atoms with Crippen molar-refractivity contribution in [3.05, 3.63) is 27.7 Å². The lowest BCUT2D eigenvalue weighted by molar-refractivity contribution is -0.0497. The highest BCUT2D eigenvalue weighted by atomic mass is 35.5. The van der Waals surface area contributed by atoms with Crippen molar-refractivity contribution >= 4 is 29.5 Å². The van der Waals surface area contributed by atoms with E-state index in [9.17, 15) is 13.6 Å². The van der Waals surface area contributed by atoms with Crippen molar-refractivity contribution in [3.8, 4) is 5.75 Å². The van der Waals surface area contributed by atoms with Crippen LogP contribution in [0.4, 0.5) is 8.78 Å². The summed E-state index contributed by atoms with van der Waals surface area (Å²) in [4.78, 5) is 10.4. The van der Waals surface area contributed by atoms with Crippen molar-refractivity contribution in [3.63, 3.8) is 0 Å². The molecule has 0 amide bonds. The molecule has 1 rings (SSSR count). The van der Waals surface area contributed by atoms with E-state index in [-0.39, 0.29) is 21.4 Å². The van der Waals surface area contributed by atoms with Crippen molar-refractivity contribution in [2.45, 2.75) is 6.61 Å². The predicted molar refractivity (Wildman–Crippen MR) is 48.5 cm³/mol. The molecule has 1 aromatic carbocycles. The molecule has 0 saturated heterocycles. The van der Waals surface area contributed by atoms with Gasteiger partial charge in [-0.15, -0.1) is 0 Å². The van der Waals surface area contributed by atoms with E-state index in [1.165, 1.54) is 6.07 Å². The molecule has 0 aliphatic heterocycles. The molecule has 0 aliphatic carbocycles. The molecule has 0 aliphatic rings. The number of carbonyl (C=O) groups excluding carboxylic acids is 1. The van der Waals surface area contributed by atoms with Crippen molar-refractivity contribution < 1.29 is 18.3 Å². The zero-order valence-corrected chi connectivity index (χ0v) is 8.15. The third-order valence-electron chi connectivity index (χ3n) is 1.42. The Morgan fingerprint density at radius 1 is 1.29 bits per heavy atom. The summed E-state index contributed by atoms with van der Waals surface area (Å²) in [6.07, 6.45) is 0.473. The van der Waals surface area contributed by atoms with Crippen molar-refractivity contribution in [1.82, 2.24) is 0 Å². The third kappa shape index (κ3) is 2.33. The Balaban J connectivity index is 3.10. The molecule has 76 valence electrons. The second-order valence-electron chi connectivity index (χ2n) is 2.28. The summed E-state index contributed by atoms with van der Waals surface area (Å²) in [5.74, 6) is -0.253. The third-order valence-corrected chi connectivity index (χ3v) is 2.30. The normalized spacial score (nSPS) is 10.4. The highest BCUT2D eigenvalue weighted by molar-refractivity contribution is 6.44. The second-order valence-corrected chi connectivity index (χ2v) is 3.03. The predicted octanol–water partition coefficient (Wildman–Crippen LogP) is 3.41. The van der Waals surface area contributed by atoms with E-state index in [0.29, 0.717) is 6.29 Å². The van der Waals surface area contributed by atoms with Crippen LogP contribution in [0.5, 0.6) is 5.75 Å². The molecule has 1 aromatic rings. The minimum atomic E-state index is -2.98. The SMILES string of the molecule is O=Cc1ccc(OC(F)F)c(Cl)c1Cl. The van der Waals surface area contributed by atoms with E-state index in [1.807, 2.05) is 0 Å². The Kier molecular flexibility index (Phi) is 3.66. The highest BCUT2D eigenvalue weighted by Crippen LogP contribution is 2.34. The first-order valence-electron chi connectivity index (χ1n) is 3.44. The first-order chi connectivity index (χ1) is 6.56. The van der Waals surface area contributed by atoms with Crippen LogP contribution in [-0.4, -0.2) is 12.9 Å². The molecule has 0 bridgehead atoms. The van der Waals surface area contributed by atoms with Gasteiger partial charge in [0.05, 0.1) is 5.02 Å². The quantitative estimate of drug-likeness (QED) is 0.758. The van der Waals surface area contributed by atoms with Crippen molar-refractivity contribution in [2.75, 3.05) is 0 Å². The van der Waals surface area contributed by atoms with E-state index < -0.39 is 6.61 Å². The summed E-state index contributed by atoms with van der Waals surface area (Å²) >= 11 is 11.2. The minimum absolute atomic E-state index is 0.0974. The molecule has 0 heterocycles. The number of carbonyl (C=O) groups is 1. The van der Waals surface area contributed by atoms with Crippen molar-refractivity contribution in [1.29, 1.82) is 0 Å². The van der Waals surface area contributed by atoms with Crippen LogP contribution in [0.15, 0.2) is 12.1 Å². The molecule has 14 heavy (non-hydrogen) atoms. The summed E-state index contributed by atoms with van der Waals surface area (Å²) in [6, 6.07) is 2.41. The fraction of sp³-hybridized carbons (Fsp3) is 0.125. The fourth-order valence-corrected chi connectivity index (χ4v) is 1.24. The molecular weight excluding hydrogens is 237 g/mol. The second kappa shape index (κ2) is 4.57. The summed E-state index contributed by atoms with van der Waals surface area (Å²) in [5, 5.41) is -0.295. The van der Waals surface area contributed by atoms with Gasteiger partial charge in [-0.2, -0.15) is 8.78 Å². The van der Waals surface area contributed by atoms with Crippen LogP contribution < -0.4 is 4.74 Å². The Morgan fingerprint density at radius 2 is 1.93 bits per heavy atom. The number of benzene rings is 1. The molecule has 0 unspecified atom stereocenters. The van der Waals surface area contributed by atoms with E-state index >= 15 is 0 Å². The topological polar surface area (TPSA) is 26.3 Å². The number of alkyl halides is 2. The average Bonchev–Trinajstić information content (AvgIpc) is 2.13. The molecule has 0 saturated carbocycles. The van der Waals surface area contributed by atoms with E-state index in [2.05, 4.69) is 4.74 Å². The van der Waals surface area contributed by atoms with Crippen LogP contribution in [0, 0.1) is 0 Å². The molecule has 0 N–H and O–H groups in total. The number of rotatable bonds is 3. The molecule has 0 fully saturated rings. The van der Waals surface area contributed by atoms with Gasteiger partial charge in [0.2, 0.25) is 0 Å². The number of hydrogen-bond donors (Lipinski definition) is 0. The molecular formula is C8H4Cl2F2O2. The maximum Gasteiger partial charge on any atom is 0.387 e. The fourth-order valence-electron chi connectivity index (χ4n) is 0.825. The van der Waals surface area contributed by atoms with Crippen LogP contribution in [0.25, 0.3) is 0 Å². The Morgan fingerprint density at radius 3 is 2.43 bits per heavy atom.